The predicted molar refractivity (Wildman–Crippen MR) is 70.0 cm³/mol. The van der Waals surface area contributed by atoms with Gasteiger partial charge in [-0.25, -0.2) is 4.98 Å². The molecule has 5 nitrogen and oxygen atoms in total. The number of aromatic amines is 1. The first-order valence-corrected chi connectivity index (χ1v) is 7.40. The highest BCUT2D eigenvalue weighted by Gasteiger charge is 2.12. The topological polar surface area (TPSA) is 86.6 Å². The molecule has 0 fully saturated rings. The molecular weight excluding hydrogens is 270 g/mol. The largest absolute Gasteiger partial charge is 0.325 e. The van der Waals surface area contributed by atoms with Crippen LogP contribution in [0.5, 0.6) is 0 Å². The van der Waals surface area contributed by atoms with Crippen molar-refractivity contribution in [1.82, 2.24) is 9.97 Å². The zero-order chi connectivity index (χ0) is 13.3. The average Bonchev–Trinajstić information content (AvgIpc) is 2.78. The molecule has 7 heteroatoms. The lowest BCUT2D eigenvalue weighted by Gasteiger charge is -2.02. The Hall–Kier alpha value is -1.78. The summed E-state index contributed by atoms with van der Waals surface area (Å²) in [6.45, 7) is 1.74. The average molecular weight is 279 g/mol. The lowest BCUT2D eigenvalue weighted by atomic mass is 10.1. The van der Waals surface area contributed by atoms with Crippen LogP contribution in [0.1, 0.15) is 11.3 Å². The van der Waals surface area contributed by atoms with Crippen molar-refractivity contribution in [2.75, 3.05) is 6.26 Å². The first-order chi connectivity index (χ1) is 8.52. The monoisotopic (exact) mass is 279 g/mol. The lowest BCUT2D eigenvalue weighted by molar-refractivity contribution is 0.686. The minimum absolute atomic E-state index is 0.0442. The van der Waals surface area contributed by atoms with Gasteiger partial charge < -0.3 is 4.98 Å². The summed E-state index contributed by atoms with van der Waals surface area (Å²) >= 11 is 1.29. The van der Waals surface area contributed by atoms with Crippen LogP contribution in [0.3, 0.4) is 0 Å². The maximum Gasteiger partial charge on any atom is 0.266 e. The number of H-pyrrole nitrogens is 1. The van der Waals surface area contributed by atoms with Crippen molar-refractivity contribution in [2.24, 2.45) is 0 Å². The summed E-state index contributed by atoms with van der Waals surface area (Å²) < 4.78 is 11.8. The van der Waals surface area contributed by atoms with Crippen molar-refractivity contribution < 1.29 is 4.21 Å². The molecule has 0 radical (unpaired) electrons. The molecule has 2 rings (SSSR count). The van der Waals surface area contributed by atoms with E-state index in [1.807, 2.05) is 6.07 Å². The molecule has 1 atom stereocenters. The Balaban J connectivity index is 2.60. The van der Waals surface area contributed by atoms with Gasteiger partial charge in [-0.15, -0.1) is 11.3 Å². The molecule has 1 unspecified atom stereocenters. The molecule has 1 N–H and O–H groups in total. The Kier molecular flexibility index (Phi) is 3.41. The molecule has 2 heterocycles. The van der Waals surface area contributed by atoms with Gasteiger partial charge in [-0.3, -0.25) is 9.00 Å². The van der Waals surface area contributed by atoms with Gasteiger partial charge in [0, 0.05) is 22.9 Å². The first-order valence-electron chi connectivity index (χ1n) is 4.96. The molecule has 0 spiro atoms. The minimum Gasteiger partial charge on any atom is -0.325 e. The number of thiazole rings is 1. The summed E-state index contributed by atoms with van der Waals surface area (Å²) in [5, 5.41) is 10.6. The summed E-state index contributed by atoms with van der Waals surface area (Å²) in [6, 6.07) is 3.34. The first kappa shape index (κ1) is 12.7. The fraction of sp³-hybridized carbons (Fsp3) is 0.182. The van der Waals surface area contributed by atoms with Gasteiger partial charge in [0.2, 0.25) is 0 Å². The summed E-state index contributed by atoms with van der Waals surface area (Å²) in [5.74, 6) is 0. The van der Waals surface area contributed by atoms with Crippen LogP contribution in [-0.2, 0) is 10.8 Å². The molecule has 0 saturated carbocycles. The maximum atomic E-state index is 11.4. The van der Waals surface area contributed by atoms with Gasteiger partial charge in [-0.1, -0.05) is 0 Å². The molecule has 92 valence electrons. The molecule has 0 amide bonds. The number of hydrogen-bond donors (Lipinski definition) is 1. The Morgan fingerprint density at radius 2 is 2.28 bits per heavy atom. The molecule has 18 heavy (non-hydrogen) atoms. The van der Waals surface area contributed by atoms with Crippen LogP contribution >= 0.6 is 11.3 Å². The Morgan fingerprint density at radius 3 is 2.83 bits per heavy atom. The molecule has 0 aliphatic heterocycles. The summed E-state index contributed by atoms with van der Waals surface area (Å²) in [7, 11) is -1.13. The second kappa shape index (κ2) is 4.84. The van der Waals surface area contributed by atoms with E-state index >= 15 is 0 Å². The van der Waals surface area contributed by atoms with Gasteiger partial charge in [0.1, 0.15) is 11.6 Å². The number of rotatable bonds is 2. The van der Waals surface area contributed by atoms with Gasteiger partial charge in [-0.05, 0) is 13.0 Å². The van der Waals surface area contributed by atoms with Crippen LogP contribution in [-0.4, -0.2) is 20.4 Å². The van der Waals surface area contributed by atoms with E-state index in [-0.39, 0.29) is 5.56 Å². The van der Waals surface area contributed by atoms with Gasteiger partial charge in [0.15, 0.2) is 4.34 Å². The quantitative estimate of drug-likeness (QED) is 0.900. The molecule has 0 aliphatic rings. The van der Waals surface area contributed by atoms with E-state index in [1.54, 1.807) is 18.6 Å². The Morgan fingerprint density at radius 1 is 1.56 bits per heavy atom. The third-order valence-corrected chi connectivity index (χ3v) is 4.57. The Labute approximate surface area is 110 Å². The fourth-order valence-corrected chi connectivity index (χ4v) is 2.94. The maximum absolute atomic E-state index is 11.4. The Bertz CT molecular complexity index is 725. The van der Waals surface area contributed by atoms with Crippen LogP contribution in [0.2, 0.25) is 0 Å². The number of nitrogens with one attached hydrogen (secondary N) is 1. The van der Waals surface area contributed by atoms with E-state index in [0.29, 0.717) is 21.3 Å². The van der Waals surface area contributed by atoms with E-state index in [0.717, 1.165) is 0 Å². The summed E-state index contributed by atoms with van der Waals surface area (Å²) in [6.07, 6.45) is 1.56. The van der Waals surface area contributed by atoms with Gasteiger partial charge in [0.05, 0.1) is 16.5 Å². The third-order valence-electron chi connectivity index (χ3n) is 2.36. The highest BCUT2D eigenvalue weighted by atomic mass is 32.2. The summed E-state index contributed by atoms with van der Waals surface area (Å²) in [4.78, 5) is 18.3. The normalized spacial score (nSPS) is 12.1. The zero-order valence-corrected chi connectivity index (χ0v) is 11.3. The highest BCUT2D eigenvalue weighted by molar-refractivity contribution is 7.86. The molecule has 0 bridgehead atoms. The second-order valence-electron chi connectivity index (χ2n) is 3.62. The number of hydrogen-bond acceptors (Lipinski definition) is 5. The third kappa shape index (κ3) is 2.25. The predicted octanol–water partition coefficient (Wildman–Crippen LogP) is 1.42. The molecule has 2 aromatic rings. The van der Waals surface area contributed by atoms with Crippen LogP contribution in [0.15, 0.2) is 20.6 Å². The number of nitrogens with zero attached hydrogens (tertiary/aromatic N) is 2. The van der Waals surface area contributed by atoms with Crippen molar-refractivity contribution in [1.29, 1.82) is 5.26 Å². The summed E-state index contributed by atoms with van der Waals surface area (Å²) in [5.41, 5.74) is 1.57. The van der Waals surface area contributed by atoms with Crippen molar-refractivity contribution in [3.8, 4) is 17.3 Å². The molecule has 0 aliphatic carbocycles. The van der Waals surface area contributed by atoms with Crippen LogP contribution in [0.25, 0.3) is 11.3 Å². The van der Waals surface area contributed by atoms with E-state index in [9.17, 15) is 9.00 Å². The van der Waals surface area contributed by atoms with Crippen molar-refractivity contribution in [2.45, 2.75) is 11.3 Å². The van der Waals surface area contributed by atoms with Crippen molar-refractivity contribution >= 4 is 22.1 Å². The number of nitriles is 1. The van der Waals surface area contributed by atoms with Crippen molar-refractivity contribution in [3.63, 3.8) is 0 Å². The number of aryl methyl sites for hydroxylation is 1. The van der Waals surface area contributed by atoms with Crippen LogP contribution < -0.4 is 5.56 Å². The number of aromatic nitrogens is 2. The molecular formula is C11H9N3O2S2. The van der Waals surface area contributed by atoms with E-state index in [1.165, 1.54) is 17.4 Å². The van der Waals surface area contributed by atoms with E-state index in [4.69, 9.17) is 5.26 Å². The van der Waals surface area contributed by atoms with Gasteiger partial charge in [0.25, 0.3) is 5.56 Å². The molecule has 2 aromatic heterocycles. The minimum atomic E-state index is -1.13. The highest BCUT2D eigenvalue weighted by Crippen LogP contribution is 2.25. The molecule has 0 aromatic carbocycles. The lowest BCUT2D eigenvalue weighted by Crippen LogP contribution is -2.12. The van der Waals surface area contributed by atoms with Crippen molar-refractivity contribution in [3.05, 3.63) is 33.1 Å². The standard InChI is InChI=1S/C11H9N3O2S2/c1-6-8(3-7(4-12)10(15)13-6)9-5-17-11(14-9)18(2)16/h3,5H,1-2H3,(H,13,15). The second-order valence-corrected chi connectivity index (χ2v) is 6.03. The number of pyridine rings is 1. The fourth-order valence-electron chi connectivity index (χ4n) is 1.49. The zero-order valence-electron chi connectivity index (χ0n) is 9.68. The smallest absolute Gasteiger partial charge is 0.266 e. The van der Waals surface area contributed by atoms with Gasteiger partial charge >= 0.3 is 0 Å². The van der Waals surface area contributed by atoms with Crippen LogP contribution in [0, 0.1) is 18.3 Å². The van der Waals surface area contributed by atoms with E-state index in [2.05, 4.69) is 9.97 Å². The SMILES string of the molecule is Cc1[nH]c(=O)c(C#N)cc1-c1csc(S(C)=O)n1. The van der Waals surface area contributed by atoms with Crippen LogP contribution in [0.4, 0.5) is 0 Å². The van der Waals surface area contributed by atoms with Gasteiger partial charge in [-0.2, -0.15) is 5.26 Å². The molecule has 0 saturated heterocycles. The van der Waals surface area contributed by atoms with E-state index < -0.39 is 16.4 Å².